The van der Waals surface area contributed by atoms with Crippen molar-refractivity contribution >= 4 is 28.5 Å². The van der Waals surface area contributed by atoms with Crippen molar-refractivity contribution < 1.29 is 14.3 Å². The Bertz CT molecular complexity index is 994. The molecule has 3 aromatic rings. The molecule has 0 saturated heterocycles. The fourth-order valence-corrected chi connectivity index (χ4v) is 2.95. The number of rotatable bonds is 4. The van der Waals surface area contributed by atoms with Gasteiger partial charge in [0.2, 0.25) is 0 Å². The second kappa shape index (κ2) is 6.47. The number of benzene rings is 2. The first kappa shape index (κ1) is 16.2. The van der Waals surface area contributed by atoms with Gasteiger partial charge in [-0.05, 0) is 29.3 Å². The summed E-state index contributed by atoms with van der Waals surface area (Å²) in [5, 5.41) is 10.2. The number of hydrogen-bond acceptors (Lipinski definition) is 4. The van der Waals surface area contributed by atoms with Crippen molar-refractivity contribution in [2.45, 2.75) is 13.0 Å². The van der Waals surface area contributed by atoms with E-state index in [-0.39, 0.29) is 12.1 Å². The van der Waals surface area contributed by atoms with Crippen LogP contribution in [0.15, 0.2) is 51.7 Å². The van der Waals surface area contributed by atoms with Crippen LogP contribution in [-0.4, -0.2) is 11.1 Å². The van der Waals surface area contributed by atoms with E-state index in [4.69, 9.17) is 21.8 Å². The molecular formula is C18H14ClNO4. The zero-order valence-corrected chi connectivity index (χ0v) is 13.3. The molecule has 0 fully saturated rings. The Balaban J connectivity index is 2.47. The molecule has 0 unspecified atom stereocenters. The second-order valence-electron chi connectivity index (χ2n) is 5.32. The van der Waals surface area contributed by atoms with E-state index in [2.05, 4.69) is 0 Å². The van der Waals surface area contributed by atoms with Gasteiger partial charge >= 0.3 is 11.6 Å². The molecule has 0 atom stereocenters. The van der Waals surface area contributed by atoms with Gasteiger partial charge in [-0.25, -0.2) is 4.79 Å². The number of carboxylic acid groups (broad SMARTS) is 1. The molecule has 1 heterocycles. The normalized spacial score (nSPS) is 10.9. The molecule has 24 heavy (non-hydrogen) atoms. The highest BCUT2D eigenvalue weighted by atomic mass is 35.5. The number of carboxylic acids is 1. The molecule has 122 valence electrons. The molecule has 3 rings (SSSR count). The van der Waals surface area contributed by atoms with Crippen LogP contribution in [0.1, 0.15) is 11.1 Å². The van der Waals surface area contributed by atoms with Crippen molar-refractivity contribution in [1.29, 1.82) is 0 Å². The van der Waals surface area contributed by atoms with Gasteiger partial charge in [0.1, 0.15) is 5.58 Å². The van der Waals surface area contributed by atoms with Gasteiger partial charge < -0.3 is 15.3 Å². The summed E-state index contributed by atoms with van der Waals surface area (Å²) in [4.78, 5) is 23.6. The lowest BCUT2D eigenvalue weighted by Crippen LogP contribution is -2.15. The van der Waals surface area contributed by atoms with Crippen LogP contribution in [0.2, 0.25) is 5.02 Å². The summed E-state index contributed by atoms with van der Waals surface area (Å²) in [6, 6.07) is 12.2. The number of carbonyl (C=O) groups is 1. The smallest absolute Gasteiger partial charge is 0.340 e. The SMILES string of the molecule is NCc1ccccc1-c1c(CC(=O)O)c(=O)oc2ccc(Cl)cc12. The minimum Gasteiger partial charge on any atom is -0.481 e. The summed E-state index contributed by atoms with van der Waals surface area (Å²) >= 11 is 6.09. The highest BCUT2D eigenvalue weighted by molar-refractivity contribution is 6.31. The van der Waals surface area contributed by atoms with Gasteiger partial charge in [0.05, 0.1) is 12.0 Å². The Morgan fingerprint density at radius 3 is 2.67 bits per heavy atom. The number of hydrogen-bond donors (Lipinski definition) is 2. The summed E-state index contributed by atoms with van der Waals surface area (Å²) in [7, 11) is 0. The van der Waals surface area contributed by atoms with Crippen LogP contribution in [0.5, 0.6) is 0 Å². The van der Waals surface area contributed by atoms with E-state index in [0.717, 1.165) is 5.56 Å². The minimum absolute atomic E-state index is 0.0816. The molecule has 0 aliphatic carbocycles. The Morgan fingerprint density at radius 2 is 1.96 bits per heavy atom. The maximum Gasteiger partial charge on any atom is 0.340 e. The zero-order chi connectivity index (χ0) is 17.3. The van der Waals surface area contributed by atoms with Crippen LogP contribution in [0.4, 0.5) is 0 Å². The first-order valence-corrected chi connectivity index (χ1v) is 7.64. The monoisotopic (exact) mass is 343 g/mol. The van der Waals surface area contributed by atoms with Gasteiger partial charge in [-0.15, -0.1) is 0 Å². The highest BCUT2D eigenvalue weighted by Crippen LogP contribution is 2.34. The van der Waals surface area contributed by atoms with Gasteiger partial charge in [-0.2, -0.15) is 0 Å². The first-order valence-electron chi connectivity index (χ1n) is 7.26. The van der Waals surface area contributed by atoms with Crippen molar-refractivity contribution in [1.82, 2.24) is 0 Å². The number of aliphatic carboxylic acids is 1. The van der Waals surface area contributed by atoms with Gasteiger partial charge in [0, 0.05) is 22.5 Å². The lowest BCUT2D eigenvalue weighted by Gasteiger charge is -2.14. The van der Waals surface area contributed by atoms with E-state index >= 15 is 0 Å². The first-order chi connectivity index (χ1) is 11.5. The molecule has 0 aliphatic heterocycles. The molecular weight excluding hydrogens is 330 g/mol. The Hall–Kier alpha value is -2.63. The van der Waals surface area contributed by atoms with Gasteiger partial charge in [-0.3, -0.25) is 4.79 Å². The molecule has 0 aliphatic rings. The van der Waals surface area contributed by atoms with E-state index in [9.17, 15) is 14.7 Å². The average Bonchev–Trinajstić information content (AvgIpc) is 2.56. The third kappa shape index (κ3) is 2.91. The van der Waals surface area contributed by atoms with Gasteiger partial charge in [-0.1, -0.05) is 35.9 Å². The third-order valence-electron chi connectivity index (χ3n) is 3.80. The van der Waals surface area contributed by atoms with Gasteiger partial charge in [0.25, 0.3) is 0 Å². The maximum atomic E-state index is 12.4. The van der Waals surface area contributed by atoms with E-state index in [1.165, 1.54) is 0 Å². The van der Waals surface area contributed by atoms with Crippen LogP contribution >= 0.6 is 11.6 Å². The summed E-state index contributed by atoms with van der Waals surface area (Å²) in [5.74, 6) is -1.12. The summed E-state index contributed by atoms with van der Waals surface area (Å²) < 4.78 is 5.28. The predicted molar refractivity (Wildman–Crippen MR) is 92.2 cm³/mol. The Morgan fingerprint density at radius 1 is 1.21 bits per heavy atom. The average molecular weight is 344 g/mol. The van der Waals surface area contributed by atoms with E-state index in [1.54, 1.807) is 18.2 Å². The topological polar surface area (TPSA) is 93.5 Å². The van der Waals surface area contributed by atoms with Crippen LogP contribution < -0.4 is 11.4 Å². The van der Waals surface area contributed by atoms with Crippen molar-refractivity contribution in [3.63, 3.8) is 0 Å². The minimum atomic E-state index is -1.12. The lowest BCUT2D eigenvalue weighted by atomic mass is 9.92. The van der Waals surface area contributed by atoms with Crippen LogP contribution in [0.3, 0.4) is 0 Å². The summed E-state index contributed by atoms with van der Waals surface area (Å²) in [6.45, 7) is 0.255. The third-order valence-corrected chi connectivity index (χ3v) is 4.03. The number of nitrogens with two attached hydrogens (primary N) is 1. The summed E-state index contributed by atoms with van der Waals surface area (Å²) in [5.41, 5.74) is 7.58. The van der Waals surface area contributed by atoms with Crippen molar-refractivity contribution in [2.75, 3.05) is 0 Å². The molecule has 2 aromatic carbocycles. The standard InChI is InChI=1S/C18H14ClNO4/c19-11-5-6-15-13(7-11)17(12-4-2-1-3-10(12)9-20)14(8-16(21)22)18(23)24-15/h1-7H,8-9,20H2,(H,21,22). The Kier molecular flexibility index (Phi) is 4.38. The predicted octanol–water partition coefficient (Wildman–Crippen LogP) is 3.20. The number of fused-ring (bicyclic) bond motifs is 1. The summed E-state index contributed by atoms with van der Waals surface area (Å²) in [6.07, 6.45) is -0.445. The Labute approximate surface area is 142 Å². The van der Waals surface area contributed by atoms with Crippen molar-refractivity contribution in [2.24, 2.45) is 5.73 Å². The van der Waals surface area contributed by atoms with Crippen LogP contribution in [-0.2, 0) is 17.8 Å². The molecule has 0 amide bonds. The molecule has 3 N–H and O–H groups in total. The van der Waals surface area contributed by atoms with E-state index < -0.39 is 18.0 Å². The van der Waals surface area contributed by atoms with E-state index in [1.807, 2.05) is 24.3 Å². The fraction of sp³-hybridized carbons (Fsp3) is 0.111. The van der Waals surface area contributed by atoms with Gasteiger partial charge in [0.15, 0.2) is 0 Å². The fourth-order valence-electron chi connectivity index (χ4n) is 2.77. The molecule has 0 spiro atoms. The van der Waals surface area contributed by atoms with Crippen molar-refractivity contribution in [3.05, 3.63) is 69.0 Å². The van der Waals surface area contributed by atoms with Crippen LogP contribution in [0.25, 0.3) is 22.1 Å². The molecule has 5 nitrogen and oxygen atoms in total. The maximum absolute atomic E-state index is 12.4. The molecule has 0 radical (unpaired) electrons. The van der Waals surface area contributed by atoms with Crippen molar-refractivity contribution in [3.8, 4) is 11.1 Å². The molecule has 0 bridgehead atoms. The largest absolute Gasteiger partial charge is 0.481 e. The zero-order valence-electron chi connectivity index (χ0n) is 12.6. The highest BCUT2D eigenvalue weighted by Gasteiger charge is 2.20. The molecule has 1 aromatic heterocycles. The molecule has 6 heteroatoms. The number of halogens is 1. The van der Waals surface area contributed by atoms with E-state index in [0.29, 0.717) is 27.1 Å². The second-order valence-corrected chi connectivity index (χ2v) is 5.75. The quantitative estimate of drug-likeness (QED) is 0.709. The molecule has 0 saturated carbocycles. The lowest BCUT2D eigenvalue weighted by molar-refractivity contribution is -0.136. The van der Waals surface area contributed by atoms with Crippen LogP contribution in [0, 0.1) is 0 Å².